The second-order valence-electron chi connectivity index (χ2n) is 4.27. The van der Waals surface area contributed by atoms with E-state index in [1.807, 2.05) is 29.6 Å². The van der Waals surface area contributed by atoms with E-state index >= 15 is 0 Å². The first-order chi connectivity index (χ1) is 9.70. The summed E-state index contributed by atoms with van der Waals surface area (Å²) in [7, 11) is 0. The highest BCUT2D eigenvalue weighted by Gasteiger charge is 2.22. The molecular weight excluding hydrogens is 274 g/mol. The molecule has 0 fully saturated rings. The number of hydrogen-bond acceptors (Lipinski definition) is 5. The number of benzene rings is 1. The lowest BCUT2D eigenvalue weighted by Crippen LogP contribution is -2.04. The zero-order valence-electron chi connectivity index (χ0n) is 11.2. The minimum Gasteiger partial charge on any atom is -0.460 e. The van der Waals surface area contributed by atoms with Crippen LogP contribution >= 0.6 is 11.3 Å². The molecule has 0 bridgehead atoms. The number of nitrogens with zero attached hydrogens (tertiary/aromatic N) is 1. The van der Waals surface area contributed by atoms with Crippen molar-refractivity contribution in [3.8, 4) is 11.3 Å². The molecule has 2 heterocycles. The molecule has 0 unspecified atom stereocenters. The molecule has 0 aliphatic heterocycles. The zero-order chi connectivity index (χ0) is 14.1. The normalized spacial score (nSPS) is 10.9. The predicted molar refractivity (Wildman–Crippen MR) is 78.0 cm³/mol. The molecule has 0 spiro atoms. The number of carbonyl (C=O) groups is 1. The van der Waals surface area contributed by atoms with E-state index in [9.17, 15) is 4.79 Å². The number of carbonyl (C=O) groups excluding carboxylic acids is 1. The van der Waals surface area contributed by atoms with Gasteiger partial charge in [0.2, 0.25) is 5.76 Å². The molecule has 0 atom stereocenters. The molecule has 0 saturated carbocycles. The van der Waals surface area contributed by atoms with Crippen molar-refractivity contribution in [3.05, 3.63) is 41.3 Å². The Labute approximate surface area is 120 Å². The van der Waals surface area contributed by atoms with E-state index in [0.717, 1.165) is 15.6 Å². The van der Waals surface area contributed by atoms with E-state index in [2.05, 4.69) is 4.98 Å². The minimum absolute atomic E-state index is 0.169. The third-order valence-electron chi connectivity index (χ3n) is 2.95. The van der Waals surface area contributed by atoms with Gasteiger partial charge in [-0.05, 0) is 24.4 Å². The molecule has 102 valence electrons. The van der Waals surface area contributed by atoms with Gasteiger partial charge in [-0.25, -0.2) is 9.78 Å². The van der Waals surface area contributed by atoms with Crippen molar-refractivity contribution in [1.82, 2.24) is 4.98 Å². The first kappa shape index (κ1) is 12.9. The maximum Gasteiger partial charge on any atom is 0.376 e. The summed E-state index contributed by atoms with van der Waals surface area (Å²) in [5.41, 5.74) is 1.44. The van der Waals surface area contributed by atoms with Crippen molar-refractivity contribution in [1.29, 1.82) is 0 Å². The van der Waals surface area contributed by atoms with E-state index in [-0.39, 0.29) is 5.76 Å². The fourth-order valence-electron chi connectivity index (χ4n) is 2.15. The summed E-state index contributed by atoms with van der Waals surface area (Å²) in [5.74, 6) is 0.147. The number of oxazole rings is 1. The Morgan fingerprint density at radius 1 is 1.40 bits per heavy atom. The first-order valence-corrected chi connectivity index (χ1v) is 7.19. The topological polar surface area (TPSA) is 52.3 Å². The molecule has 3 rings (SSSR count). The lowest BCUT2D eigenvalue weighted by molar-refractivity contribution is 0.0490. The molecular formula is C15H13NO3S. The Hall–Kier alpha value is -2.14. The predicted octanol–water partition coefficient (Wildman–Crippen LogP) is 4.04. The monoisotopic (exact) mass is 287 g/mol. The fourth-order valence-corrected chi connectivity index (χ4v) is 2.96. The smallest absolute Gasteiger partial charge is 0.376 e. The van der Waals surface area contributed by atoms with Gasteiger partial charge >= 0.3 is 5.97 Å². The van der Waals surface area contributed by atoms with Crippen LogP contribution < -0.4 is 0 Å². The average Bonchev–Trinajstić information content (AvgIpc) is 3.04. The number of rotatable bonds is 3. The SMILES string of the molecule is CCOC(=O)c1oc(C)nc1-c1cccc2sccc12. The summed E-state index contributed by atoms with van der Waals surface area (Å²) in [4.78, 5) is 16.3. The Morgan fingerprint density at radius 3 is 3.05 bits per heavy atom. The number of hydrogen-bond donors (Lipinski definition) is 0. The molecule has 20 heavy (non-hydrogen) atoms. The Balaban J connectivity index is 2.19. The van der Waals surface area contributed by atoms with E-state index in [1.54, 1.807) is 25.2 Å². The molecule has 3 aromatic rings. The molecule has 0 aliphatic carbocycles. The van der Waals surface area contributed by atoms with Gasteiger partial charge in [-0.15, -0.1) is 11.3 Å². The quantitative estimate of drug-likeness (QED) is 0.682. The molecule has 0 aliphatic rings. The van der Waals surface area contributed by atoms with Crippen LogP contribution in [0.1, 0.15) is 23.4 Å². The van der Waals surface area contributed by atoms with Gasteiger partial charge in [-0.2, -0.15) is 0 Å². The van der Waals surface area contributed by atoms with Crippen molar-refractivity contribution in [2.24, 2.45) is 0 Å². The van der Waals surface area contributed by atoms with Crippen molar-refractivity contribution in [2.75, 3.05) is 6.61 Å². The van der Waals surface area contributed by atoms with Crippen LogP contribution in [-0.2, 0) is 4.74 Å². The second kappa shape index (κ2) is 5.09. The van der Waals surface area contributed by atoms with E-state index < -0.39 is 5.97 Å². The van der Waals surface area contributed by atoms with Crippen LogP contribution in [0.25, 0.3) is 21.3 Å². The van der Waals surface area contributed by atoms with Gasteiger partial charge in [0.15, 0.2) is 5.89 Å². The Kier molecular flexibility index (Phi) is 3.28. The molecule has 0 N–H and O–H groups in total. The zero-order valence-corrected chi connectivity index (χ0v) is 12.0. The van der Waals surface area contributed by atoms with Gasteiger partial charge in [0.1, 0.15) is 5.69 Å². The molecule has 4 nitrogen and oxygen atoms in total. The van der Waals surface area contributed by atoms with Gasteiger partial charge in [0, 0.05) is 22.6 Å². The summed E-state index contributed by atoms with van der Waals surface area (Å²) in [6, 6.07) is 7.96. The van der Waals surface area contributed by atoms with Crippen LogP contribution in [0.3, 0.4) is 0 Å². The maximum atomic E-state index is 12.0. The van der Waals surface area contributed by atoms with Gasteiger partial charge in [-0.1, -0.05) is 12.1 Å². The largest absolute Gasteiger partial charge is 0.460 e. The summed E-state index contributed by atoms with van der Waals surface area (Å²) in [6.45, 7) is 3.79. The third-order valence-corrected chi connectivity index (χ3v) is 3.83. The molecule has 1 aromatic carbocycles. The van der Waals surface area contributed by atoms with Crippen LogP contribution in [0, 0.1) is 6.92 Å². The summed E-state index contributed by atoms with van der Waals surface area (Å²) in [5, 5.41) is 3.09. The first-order valence-electron chi connectivity index (χ1n) is 6.32. The maximum absolute atomic E-state index is 12.0. The molecule has 5 heteroatoms. The van der Waals surface area contributed by atoms with Crippen LogP contribution in [-0.4, -0.2) is 17.6 Å². The summed E-state index contributed by atoms with van der Waals surface area (Å²) < 4.78 is 11.6. The molecule has 0 radical (unpaired) electrons. The van der Waals surface area contributed by atoms with Gasteiger partial charge < -0.3 is 9.15 Å². The molecule has 2 aromatic heterocycles. The van der Waals surface area contributed by atoms with Crippen LogP contribution in [0.4, 0.5) is 0 Å². The van der Waals surface area contributed by atoms with Crippen LogP contribution in [0.5, 0.6) is 0 Å². The van der Waals surface area contributed by atoms with Crippen molar-refractivity contribution in [3.63, 3.8) is 0 Å². The molecule has 0 saturated heterocycles. The Bertz CT molecular complexity index is 772. The number of aryl methyl sites for hydroxylation is 1. The van der Waals surface area contributed by atoms with Gasteiger partial charge in [-0.3, -0.25) is 0 Å². The highest BCUT2D eigenvalue weighted by Crippen LogP contribution is 2.33. The van der Waals surface area contributed by atoms with Crippen LogP contribution in [0.2, 0.25) is 0 Å². The number of fused-ring (bicyclic) bond motifs is 1. The highest BCUT2D eigenvalue weighted by atomic mass is 32.1. The summed E-state index contributed by atoms with van der Waals surface area (Å²) in [6.07, 6.45) is 0. The lowest BCUT2D eigenvalue weighted by Gasteiger charge is -2.02. The van der Waals surface area contributed by atoms with Crippen molar-refractivity contribution >= 4 is 27.4 Å². The number of esters is 1. The van der Waals surface area contributed by atoms with Crippen LogP contribution in [0.15, 0.2) is 34.1 Å². The standard InChI is InChI=1S/C15H13NO3S/c1-3-18-15(17)14-13(16-9(2)19-14)11-5-4-6-12-10(11)7-8-20-12/h4-8H,3H2,1-2H3. The minimum atomic E-state index is -0.477. The number of thiophene rings is 1. The van der Waals surface area contributed by atoms with E-state index in [4.69, 9.17) is 9.15 Å². The number of ether oxygens (including phenoxy) is 1. The highest BCUT2D eigenvalue weighted by molar-refractivity contribution is 7.17. The van der Waals surface area contributed by atoms with Gasteiger partial charge in [0.05, 0.1) is 6.61 Å². The second-order valence-corrected chi connectivity index (χ2v) is 5.22. The van der Waals surface area contributed by atoms with E-state index in [1.165, 1.54) is 0 Å². The van der Waals surface area contributed by atoms with E-state index in [0.29, 0.717) is 18.2 Å². The Morgan fingerprint density at radius 2 is 2.25 bits per heavy atom. The average molecular weight is 287 g/mol. The molecule has 0 amide bonds. The fraction of sp³-hybridized carbons (Fsp3) is 0.200. The van der Waals surface area contributed by atoms with Gasteiger partial charge in [0.25, 0.3) is 0 Å². The number of aromatic nitrogens is 1. The summed E-state index contributed by atoms with van der Waals surface area (Å²) >= 11 is 1.65. The lowest BCUT2D eigenvalue weighted by atomic mass is 10.1. The third kappa shape index (κ3) is 2.10. The van der Waals surface area contributed by atoms with Crippen molar-refractivity contribution < 1.29 is 13.9 Å². The van der Waals surface area contributed by atoms with Crippen molar-refractivity contribution in [2.45, 2.75) is 13.8 Å².